The second-order valence-electron chi connectivity index (χ2n) is 10.4. The van der Waals surface area contributed by atoms with Gasteiger partial charge in [0.2, 0.25) is 0 Å². The Bertz CT molecular complexity index is 1070. The van der Waals surface area contributed by atoms with Gasteiger partial charge in [0.1, 0.15) is 5.82 Å². The molecule has 0 radical (unpaired) electrons. The summed E-state index contributed by atoms with van der Waals surface area (Å²) in [4.78, 5) is 19.7. The largest absolute Gasteiger partial charge is 0.394 e. The maximum absolute atomic E-state index is 12.9. The van der Waals surface area contributed by atoms with Gasteiger partial charge in [0.25, 0.3) is 0 Å². The first-order chi connectivity index (χ1) is 16.4. The number of hydrogen-bond donors (Lipinski definition) is 3. The van der Waals surface area contributed by atoms with Crippen molar-refractivity contribution in [2.75, 3.05) is 43.5 Å². The lowest BCUT2D eigenvalue weighted by Gasteiger charge is -2.20. The third-order valence-corrected chi connectivity index (χ3v) is 7.86. The summed E-state index contributed by atoms with van der Waals surface area (Å²) in [5, 5.41) is 16.0. The van der Waals surface area contributed by atoms with E-state index in [1.54, 1.807) is 0 Å². The zero-order valence-corrected chi connectivity index (χ0v) is 20.4. The second-order valence-corrected chi connectivity index (χ2v) is 10.4. The fourth-order valence-electron chi connectivity index (χ4n) is 5.42. The minimum atomic E-state index is -0.0953. The first kappa shape index (κ1) is 23.1. The molecule has 2 aromatic rings. The molecule has 7 heteroatoms. The number of nitrogens with one attached hydrogen (secondary N) is 2. The molecule has 1 aromatic heterocycles. The van der Waals surface area contributed by atoms with Crippen molar-refractivity contribution in [2.24, 2.45) is 11.8 Å². The number of carbonyl (C=O) groups is 1. The van der Waals surface area contributed by atoms with Crippen LogP contribution in [0.3, 0.4) is 0 Å². The second kappa shape index (κ2) is 9.19. The summed E-state index contributed by atoms with van der Waals surface area (Å²) < 4.78 is 5.75. The average Bonchev–Trinajstić information content (AvgIpc) is 3.17. The molecule has 7 nitrogen and oxygen atoms in total. The number of hydrogen-bond acceptors (Lipinski definition) is 5. The predicted octanol–water partition coefficient (Wildman–Crippen LogP) is 4.40. The zero-order chi connectivity index (χ0) is 23.9. The highest BCUT2D eigenvalue weighted by Crippen LogP contribution is 2.58. The molecule has 0 bridgehead atoms. The summed E-state index contributed by atoms with van der Waals surface area (Å²) in [5.74, 6) is 1.90. The van der Waals surface area contributed by atoms with Gasteiger partial charge in [0.05, 0.1) is 25.5 Å². The van der Waals surface area contributed by atoms with Crippen LogP contribution in [0.2, 0.25) is 0 Å². The fraction of sp³-hybridized carbons (Fsp3) is 0.556. The molecule has 1 saturated carbocycles. The Morgan fingerprint density at radius 2 is 2.21 bits per heavy atom. The molecule has 2 aliphatic heterocycles. The maximum Gasteiger partial charge on any atom is 0.321 e. The third kappa shape index (κ3) is 4.39. The summed E-state index contributed by atoms with van der Waals surface area (Å²) in [6.07, 6.45) is 3.31. The van der Waals surface area contributed by atoms with Crippen molar-refractivity contribution < 1.29 is 14.6 Å². The summed E-state index contributed by atoms with van der Waals surface area (Å²) in [6.45, 7) is 9.42. The molecule has 2 saturated heterocycles. The number of rotatable bonds is 7. The van der Waals surface area contributed by atoms with E-state index < -0.39 is 0 Å². The van der Waals surface area contributed by atoms with E-state index >= 15 is 0 Å². The van der Waals surface area contributed by atoms with Gasteiger partial charge in [0, 0.05) is 30.2 Å². The Balaban J connectivity index is 1.44. The number of aryl methyl sites for hydroxylation is 1. The number of aromatic nitrogens is 1. The maximum atomic E-state index is 12.9. The van der Waals surface area contributed by atoms with E-state index in [-0.39, 0.29) is 24.1 Å². The number of fused-ring (bicyclic) bond motifs is 1. The van der Waals surface area contributed by atoms with Gasteiger partial charge in [-0.2, -0.15) is 0 Å². The summed E-state index contributed by atoms with van der Waals surface area (Å²) in [7, 11) is 0. The number of urea groups is 1. The van der Waals surface area contributed by atoms with Gasteiger partial charge in [-0.1, -0.05) is 19.4 Å². The minimum absolute atomic E-state index is 0.0141. The van der Waals surface area contributed by atoms with E-state index in [2.05, 4.69) is 42.7 Å². The number of aliphatic hydroxyl groups is 1. The number of nitrogens with zero attached hydrogens (tertiary/aromatic N) is 2. The Labute approximate surface area is 201 Å². The van der Waals surface area contributed by atoms with E-state index in [4.69, 9.17) is 9.72 Å². The lowest BCUT2D eigenvalue weighted by molar-refractivity contribution is 0.159. The number of carbonyl (C=O) groups excluding carboxylic acids is 1. The van der Waals surface area contributed by atoms with Crippen LogP contribution in [0.25, 0.3) is 11.1 Å². The van der Waals surface area contributed by atoms with Crippen LogP contribution in [0.1, 0.15) is 44.4 Å². The Morgan fingerprint density at radius 1 is 1.35 bits per heavy atom. The quantitative estimate of drug-likeness (QED) is 0.565. The minimum Gasteiger partial charge on any atom is -0.394 e. The van der Waals surface area contributed by atoms with Crippen molar-refractivity contribution in [1.29, 1.82) is 0 Å². The molecule has 34 heavy (non-hydrogen) atoms. The van der Waals surface area contributed by atoms with Crippen LogP contribution in [0.4, 0.5) is 16.3 Å². The van der Waals surface area contributed by atoms with Gasteiger partial charge in [-0.25, -0.2) is 9.78 Å². The van der Waals surface area contributed by atoms with Crippen LogP contribution in [0.5, 0.6) is 0 Å². The molecule has 0 unspecified atom stereocenters. The summed E-state index contributed by atoms with van der Waals surface area (Å²) in [6, 6.07) is 10.2. The molecule has 2 amide bonds. The average molecular weight is 465 g/mol. The number of anilines is 2. The molecule has 182 valence electrons. The van der Waals surface area contributed by atoms with Crippen molar-refractivity contribution in [1.82, 2.24) is 9.88 Å². The van der Waals surface area contributed by atoms with Crippen molar-refractivity contribution in [3.05, 3.63) is 41.6 Å². The van der Waals surface area contributed by atoms with Crippen molar-refractivity contribution in [2.45, 2.75) is 51.5 Å². The highest BCUT2D eigenvalue weighted by molar-refractivity contribution is 5.90. The Morgan fingerprint density at radius 3 is 2.88 bits per heavy atom. The van der Waals surface area contributed by atoms with E-state index in [0.29, 0.717) is 18.4 Å². The van der Waals surface area contributed by atoms with E-state index in [0.717, 1.165) is 72.8 Å². The molecule has 3 N–H and O–H groups in total. The van der Waals surface area contributed by atoms with Crippen LogP contribution >= 0.6 is 0 Å². The highest BCUT2D eigenvalue weighted by Gasteiger charge is 2.60. The molecule has 1 aromatic carbocycles. The van der Waals surface area contributed by atoms with Gasteiger partial charge in [-0.15, -0.1) is 0 Å². The predicted molar refractivity (Wildman–Crippen MR) is 134 cm³/mol. The van der Waals surface area contributed by atoms with Crippen LogP contribution in [0.15, 0.2) is 30.3 Å². The summed E-state index contributed by atoms with van der Waals surface area (Å²) >= 11 is 0. The molecule has 3 heterocycles. The lowest BCUT2D eigenvalue weighted by atomic mass is 9.95. The topological polar surface area (TPSA) is 86.7 Å². The van der Waals surface area contributed by atoms with Gasteiger partial charge in [0.15, 0.2) is 0 Å². The number of ether oxygens (including phenoxy) is 1. The van der Waals surface area contributed by atoms with Crippen LogP contribution in [0, 0.1) is 18.8 Å². The van der Waals surface area contributed by atoms with E-state index in [1.165, 1.54) is 0 Å². The zero-order valence-electron chi connectivity index (χ0n) is 20.4. The molecule has 3 fully saturated rings. The van der Waals surface area contributed by atoms with Crippen LogP contribution in [-0.2, 0) is 10.2 Å². The normalized spacial score (nSPS) is 26.3. The van der Waals surface area contributed by atoms with Gasteiger partial charge < -0.3 is 25.4 Å². The number of amides is 2. The fourth-order valence-corrected chi connectivity index (χ4v) is 5.42. The standard InChI is InChI=1S/C27H36N4O3/c1-4-19-7-8-31(13-19)26(33)29-22-6-5-17(2)23(11-22)20-9-24(27-12-21(27)15-34-16-27)30-25(10-20)28-18(3)14-32/h5-6,9-11,18-19,21,32H,4,7-8,12-16H2,1-3H3,(H,28,30)(H,29,33)/t18-,19-,21-,27-/m1/s1. The molecule has 5 rings (SSSR count). The van der Waals surface area contributed by atoms with Gasteiger partial charge >= 0.3 is 6.03 Å². The smallest absolute Gasteiger partial charge is 0.321 e. The third-order valence-electron chi connectivity index (χ3n) is 7.86. The van der Waals surface area contributed by atoms with Crippen molar-refractivity contribution >= 4 is 17.5 Å². The number of benzene rings is 1. The van der Waals surface area contributed by atoms with Gasteiger partial charge in [-0.3, -0.25) is 0 Å². The number of likely N-dealkylation sites (tertiary alicyclic amines) is 1. The molecule has 1 aliphatic carbocycles. The van der Waals surface area contributed by atoms with E-state index in [1.807, 2.05) is 24.0 Å². The SMILES string of the molecule is CC[C@@H]1CCN(C(=O)Nc2ccc(C)c(-c3cc(N[C@H](C)CO)nc([C@]45COC[C@H]4C5)c3)c2)C1. The first-order valence-electron chi connectivity index (χ1n) is 12.6. The first-order valence-corrected chi connectivity index (χ1v) is 12.6. The number of aliphatic hydroxyl groups excluding tert-OH is 1. The van der Waals surface area contributed by atoms with Gasteiger partial charge in [-0.05, 0) is 79.5 Å². The molecule has 3 aliphatic rings. The number of pyridine rings is 1. The highest BCUT2D eigenvalue weighted by atomic mass is 16.5. The van der Waals surface area contributed by atoms with Crippen molar-refractivity contribution in [3.8, 4) is 11.1 Å². The Hall–Kier alpha value is -2.64. The van der Waals surface area contributed by atoms with Crippen molar-refractivity contribution in [3.63, 3.8) is 0 Å². The molecule has 0 spiro atoms. The Kier molecular flexibility index (Phi) is 6.25. The monoisotopic (exact) mass is 464 g/mol. The molecular weight excluding hydrogens is 428 g/mol. The van der Waals surface area contributed by atoms with E-state index in [9.17, 15) is 9.90 Å². The molecular formula is C27H36N4O3. The van der Waals surface area contributed by atoms with Crippen LogP contribution in [-0.4, -0.2) is 60.0 Å². The molecule has 4 atom stereocenters. The lowest BCUT2D eigenvalue weighted by Crippen LogP contribution is -2.32. The summed E-state index contributed by atoms with van der Waals surface area (Å²) in [5.41, 5.74) is 5.13. The van der Waals surface area contributed by atoms with Crippen LogP contribution < -0.4 is 10.6 Å².